The van der Waals surface area contributed by atoms with Crippen molar-refractivity contribution in [3.63, 3.8) is 0 Å². The number of hydrogen-bond donors (Lipinski definition) is 0. The standard InChI is InChI=1S/C12H19Cl2NS/c1-15(9-5-3-2-4-8-13)10-11-6-7-12(14)16-11/h6-7H,2-5,8-10H2,1H3. The number of rotatable bonds is 8. The van der Waals surface area contributed by atoms with Gasteiger partial charge in [-0.2, -0.15) is 0 Å². The maximum atomic E-state index is 5.89. The van der Waals surface area contributed by atoms with E-state index in [4.69, 9.17) is 23.2 Å². The van der Waals surface area contributed by atoms with Crippen LogP contribution in [0, 0.1) is 0 Å². The highest BCUT2D eigenvalue weighted by molar-refractivity contribution is 7.16. The van der Waals surface area contributed by atoms with Crippen molar-refractivity contribution in [1.82, 2.24) is 4.90 Å². The van der Waals surface area contributed by atoms with Gasteiger partial charge in [-0.1, -0.05) is 24.4 Å². The zero-order valence-corrected chi connectivity index (χ0v) is 12.0. The fourth-order valence-corrected chi connectivity index (χ4v) is 2.97. The largest absolute Gasteiger partial charge is 0.301 e. The smallest absolute Gasteiger partial charge is 0.0931 e. The summed E-state index contributed by atoms with van der Waals surface area (Å²) in [5, 5.41) is 0. The third-order valence-corrected chi connectivity index (χ3v) is 3.96. The molecule has 16 heavy (non-hydrogen) atoms. The number of thiophene rings is 1. The molecule has 0 saturated carbocycles. The summed E-state index contributed by atoms with van der Waals surface area (Å²) in [5.74, 6) is 0.795. The van der Waals surface area contributed by atoms with E-state index < -0.39 is 0 Å². The van der Waals surface area contributed by atoms with Crippen LogP contribution in [-0.4, -0.2) is 24.4 Å². The quantitative estimate of drug-likeness (QED) is 0.495. The maximum Gasteiger partial charge on any atom is 0.0931 e. The van der Waals surface area contributed by atoms with Crippen LogP contribution in [-0.2, 0) is 6.54 Å². The van der Waals surface area contributed by atoms with Gasteiger partial charge in [-0.15, -0.1) is 22.9 Å². The van der Waals surface area contributed by atoms with Crippen LogP contribution < -0.4 is 0 Å². The second-order valence-corrected chi connectivity index (χ2v) is 6.22. The summed E-state index contributed by atoms with van der Waals surface area (Å²) in [6, 6.07) is 4.08. The van der Waals surface area contributed by atoms with Gasteiger partial charge in [0.15, 0.2) is 0 Å². The molecule has 0 bridgehead atoms. The van der Waals surface area contributed by atoms with Crippen molar-refractivity contribution in [3.05, 3.63) is 21.3 Å². The van der Waals surface area contributed by atoms with Crippen LogP contribution in [0.1, 0.15) is 30.6 Å². The Bertz CT molecular complexity index is 288. The second-order valence-electron chi connectivity index (χ2n) is 4.05. The highest BCUT2D eigenvalue weighted by atomic mass is 35.5. The molecule has 1 heterocycles. The SMILES string of the molecule is CN(CCCCCCCl)Cc1ccc(Cl)s1. The van der Waals surface area contributed by atoms with Crippen molar-refractivity contribution >= 4 is 34.5 Å². The summed E-state index contributed by atoms with van der Waals surface area (Å²) in [6.07, 6.45) is 4.93. The minimum atomic E-state index is 0.795. The molecule has 1 aromatic heterocycles. The van der Waals surface area contributed by atoms with Crippen molar-refractivity contribution in [2.75, 3.05) is 19.5 Å². The molecular weight excluding hydrogens is 261 g/mol. The van der Waals surface area contributed by atoms with Crippen molar-refractivity contribution in [2.24, 2.45) is 0 Å². The molecule has 0 N–H and O–H groups in total. The lowest BCUT2D eigenvalue weighted by Gasteiger charge is -2.15. The molecule has 1 aromatic rings. The van der Waals surface area contributed by atoms with Gasteiger partial charge in [0.25, 0.3) is 0 Å². The summed E-state index contributed by atoms with van der Waals surface area (Å²) >= 11 is 13.2. The van der Waals surface area contributed by atoms with Crippen molar-refractivity contribution in [2.45, 2.75) is 32.2 Å². The van der Waals surface area contributed by atoms with E-state index in [1.165, 1.54) is 24.1 Å². The van der Waals surface area contributed by atoms with Crippen molar-refractivity contribution in [3.8, 4) is 0 Å². The van der Waals surface area contributed by atoms with Gasteiger partial charge in [-0.25, -0.2) is 0 Å². The van der Waals surface area contributed by atoms with Gasteiger partial charge in [0.2, 0.25) is 0 Å². The molecule has 0 fully saturated rings. The molecule has 0 amide bonds. The molecular formula is C12H19Cl2NS. The molecule has 1 rings (SSSR count). The van der Waals surface area contributed by atoms with Crippen molar-refractivity contribution < 1.29 is 0 Å². The molecule has 0 saturated heterocycles. The molecule has 0 aromatic carbocycles. The average molecular weight is 280 g/mol. The number of nitrogens with zero attached hydrogens (tertiary/aromatic N) is 1. The number of alkyl halides is 1. The Morgan fingerprint density at radius 2 is 1.94 bits per heavy atom. The summed E-state index contributed by atoms with van der Waals surface area (Å²) in [7, 11) is 2.16. The molecule has 0 aliphatic carbocycles. The molecule has 0 aliphatic heterocycles. The van der Waals surface area contributed by atoms with Gasteiger partial charge < -0.3 is 4.90 Å². The number of hydrogen-bond acceptors (Lipinski definition) is 2. The van der Waals surface area contributed by atoms with Gasteiger partial charge in [0, 0.05) is 17.3 Å². The van der Waals surface area contributed by atoms with Gasteiger partial charge in [-0.05, 0) is 38.6 Å². The van der Waals surface area contributed by atoms with E-state index >= 15 is 0 Å². The zero-order valence-electron chi connectivity index (χ0n) is 9.72. The van der Waals surface area contributed by atoms with Crippen LogP contribution in [0.2, 0.25) is 4.34 Å². The number of unbranched alkanes of at least 4 members (excludes halogenated alkanes) is 3. The van der Waals surface area contributed by atoms with E-state index in [0.717, 1.165) is 29.7 Å². The Morgan fingerprint density at radius 3 is 2.56 bits per heavy atom. The van der Waals surface area contributed by atoms with E-state index in [9.17, 15) is 0 Å². The lowest BCUT2D eigenvalue weighted by Crippen LogP contribution is -2.18. The van der Waals surface area contributed by atoms with Crippen LogP contribution in [0.4, 0.5) is 0 Å². The van der Waals surface area contributed by atoms with E-state index in [0.29, 0.717) is 0 Å². The lowest BCUT2D eigenvalue weighted by molar-refractivity contribution is 0.320. The average Bonchev–Trinajstić information content (AvgIpc) is 2.63. The van der Waals surface area contributed by atoms with Crippen LogP contribution in [0.3, 0.4) is 0 Å². The first kappa shape index (κ1) is 14.3. The van der Waals surface area contributed by atoms with E-state index in [1.807, 2.05) is 6.07 Å². The lowest BCUT2D eigenvalue weighted by atomic mass is 10.2. The van der Waals surface area contributed by atoms with Crippen LogP contribution >= 0.6 is 34.5 Å². The third kappa shape index (κ3) is 6.09. The maximum absolute atomic E-state index is 5.89. The molecule has 0 unspecified atom stereocenters. The molecule has 0 aliphatic rings. The first-order valence-electron chi connectivity index (χ1n) is 5.71. The Morgan fingerprint density at radius 1 is 1.19 bits per heavy atom. The van der Waals surface area contributed by atoms with Crippen LogP contribution in [0.15, 0.2) is 12.1 Å². The topological polar surface area (TPSA) is 3.24 Å². The monoisotopic (exact) mass is 279 g/mol. The van der Waals surface area contributed by atoms with Gasteiger partial charge in [0.05, 0.1) is 4.34 Å². The molecule has 92 valence electrons. The van der Waals surface area contributed by atoms with Gasteiger partial charge in [-0.3, -0.25) is 0 Å². The minimum Gasteiger partial charge on any atom is -0.301 e. The van der Waals surface area contributed by atoms with Crippen LogP contribution in [0.5, 0.6) is 0 Å². The predicted octanol–water partition coefficient (Wildman–Crippen LogP) is 4.63. The second kappa shape index (κ2) is 8.35. The first-order chi connectivity index (χ1) is 7.72. The predicted molar refractivity (Wildman–Crippen MR) is 74.9 cm³/mol. The normalized spacial score (nSPS) is 11.2. The molecule has 0 spiro atoms. The molecule has 0 radical (unpaired) electrons. The summed E-state index contributed by atoms with van der Waals surface area (Å²) in [6.45, 7) is 2.16. The highest BCUT2D eigenvalue weighted by Crippen LogP contribution is 2.22. The molecule has 0 atom stereocenters. The summed E-state index contributed by atoms with van der Waals surface area (Å²) in [5.41, 5.74) is 0. The third-order valence-electron chi connectivity index (χ3n) is 2.48. The van der Waals surface area contributed by atoms with E-state index in [-0.39, 0.29) is 0 Å². The Kier molecular flexibility index (Phi) is 7.46. The number of halogens is 2. The Balaban J connectivity index is 2.09. The Labute approximate surface area is 112 Å². The highest BCUT2D eigenvalue weighted by Gasteiger charge is 2.02. The molecule has 4 heteroatoms. The van der Waals surface area contributed by atoms with Gasteiger partial charge >= 0.3 is 0 Å². The molecule has 1 nitrogen and oxygen atoms in total. The Hall–Kier alpha value is 0.240. The summed E-state index contributed by atoms with van der Waals surface area (Å²) in [4.78, 5) is 3.69. The first-order valence-corrected chi connectivity index (χ1v) is 7.44. The minimum absolute atomic E-state index is 0.795. The summed E-state index contributed by atoms with van der Waals surface area (Å²) < 4.78 is 0.880. The fraction of sp³-hybridized carbons (Fsp3) is 0.667. The van der Waals surface area contributed by atoms with Crippen molar-refractivity contribution in [1.29, 1.82) is 0 Å². The van der Waals surface area contributed by atoms with Crippen LogP contribution in [0.25, 0.3) is 0 Å². The van der Waals surface area contributed by atoms with E-state index in [1.54, 1.807) is 11.3 Å². The van der Waals surface area contributed by atoms with E-state index in [2.05, 4.69) is 18.0 Å². The van der Waals surface area contributed by atoms with Gasteiger partial charge in [0.1, 0.15) is 0 Å². The zero-order chi connectivity index (χ0) is 11.8. The fourth-order valence-electron chi connectivity index (χ4n) is 1.61.